The van der Waals surface area contributed by atoms with E-state index in [4.69, 9.17) is 4.74 Å². The summed E-state index contributed by atoms with van der Waals surface area (Å²) in [4.78, 5) is 0. The molecule has 3 aliphatic rings. The van der Waals surface area contributed by atoms with E-state index in [1.807, 2.05) is 0 Å². The van der Waals surface area contributed by atoms with Crippen LogP contribution in [0.4, 0.5) is 0 Å². The molecule has 0 amide bonds. The predicted octanol–water partition coefficient (Wildman–Crippen LogP) is 1.43. The maximum absolute atomic E-state index is 5.46. The minimum atomic E-state index is 0.663. The van der Waals surface area contributed by atoms with Crippen LogP contribution in [0.2, 0.25) is 0 Å². The van der Waals surface area contributed by atoms with E-state index in [1.165, 1.54) is 12.8 Å². The summed E-state index contributed by atoms with van der Waals surface area (Å²) in [6, 6.07) is 0. The van der Waals surface area contributed by atoms with E-state index in [0.717, 1.165) is 18.4 Å². The van der Waals surface area contributed by atoms with Crippen LogP contribution in [0.1, 0.15) is 19.8 Å². The van der Waals surface area contributed by atoms with Crippen LogP contribution in [0.25, 0.3) is 0 Å². The molecule has 1 unspecified atom stereocenters. The first-order valence-electron chi connectivity index (χ1n) is 3.48. The van der Waals surface area contributed by atoms with Gasteiger partial charge in [-0.2, -0.15) is 0 Å². The van der Waals surface area contributed by atoms with Crippen LogP contribution in [0.3, 0.4) is 0 Å². The Morgan fingerprint density at radius 2 is 2.12 bits per heavy atom. The minimum Gasteiger partial charge on any atom is -0.378 e. The summed E-state index contributed by atoms with van der Waals surface area (Å²) in [5.41, 5.74) is 0. The standard InChI is InChI=1S/C7H12O/c1-5-4-8-7-2-6(5)3-7/h5-7H,2-4H2,1H3. The summed E-state index contributed by atoms with van der Waals surface area (Å²) in [6.07, 6.45) is 3.36. The molecule has 1 nitrogen and oxygen atoms in total. The fourth-order valence-corrected chi connectivity index (χ4v) is 1.63. The molecule has 1 saturated carbocycles. The van der Waals surface area contributed by atoms with Gasteiger partial charge >= 0.3 is 0 Å². The molecule has 0 N–H and O–H groups in total. The third-order valence-corrected chi connectivity index (χ3v) is 2.53. The molecule has 0 aromatic heterocycles. The van der Waals surface area contributed by atoms with Crippen molar-refractivity contribution < 1.29 is 4.74 Å². The van der Waals surface area contributed by atoms with Crippen LogP contribution < -0.4 is 0 Å². The van der Waals surface area contributed by atoms with Gasteiger partial charge in [0.05, 0.1) is 6.10 Å². The molecule has 0 spiro atoms. The topological polar surface area (TPSA) is 9.23 Å². The van der Waals surface area contributed by atoms with E-state index in [0.29, 0.717) is 6.10 Å². The van der Waals surface area contributed by atoms with E-state index in [2.05, 4.69) is 6.92 Å². The number of hydrogen-bond acceptors (Lipinski definition) is 1. The molecule has 3 rings (SSSR count). The van der Waals surface area contributed by atoms with Gasteiger partial charge in [-0.15, -0.1) is 0 Å². The molecule has 8 heavy (non-hydrogen) atoms. The van der Waals surface area contributed by atoms with Crippen molar-refractivity contribution in [1.82, 2.24) is 0 Å². The van der Waals surface area contributed by atoms with Crippen molar-refractivity contribution in [3.05, 3.63) is 0 Å². The Labute approximate surface area is 50.0 Å². The van der Waals surface area contributed by atoms with Gasteiger partial charge in [-0.3, -0.25) is 0 Å². The Hall–Kier alpha value is -0.0400. The summed E-state index contributed by atoms with van der Waals surface area (Å²) in [5, 5.41) is 0. The van der Waals surface area contributed by atoms with Gasteiger partial charge in [0, 0.05) is 6.61 Å². The fraction of sp³-hybridized carbons (Fsp3) is 1.00. The highest BCUT2D eigenvalue weighted by atomic mass is 16.5. The Bertz CT molecular complexity index is 89.1. The third-order valence-electron chi connectivity index (χ3n) is 2.53. The van der Waals surface area contributed by atoms with E-state index >= 15 is 0 Å². The van der Waals surface area contributed by atoms with Crippen molar-refractivity contribution in [3.8, 4) is 0 Å². The van der Waals surface area contributed by atoms with E-state index < -0.39 is 0 Å². The molecule has 2 heterocycles. The van der Waals surface area contributed by atoms with Gasteiger partial charge in [-0.05, 0) is 24.7 Å². The fourth-order valence-electron chi connectivity index (χ4n) is 1.63. The summed E-state index contributed by atoms with van der Waals surface area (Å²) in [6.45, 7) is 3.31. The molecule has 0 aromatic carbocycles. The van der Waals surface area contributed by atoms with Crippen molar-refractivity contribution in [2.45, 2.75) is 25.9 Å². The zero-order chi connectivity index (χ0) is 5.56. The third kappa shape index (κ3) is 0.510. The first kappa shape index (κ1) is 4.80. The predicted molar refractivity (Wildman–Crippen MR) is 31.6 cm³/mol. The molecule has 1 atom stereocenters. The first-order valence-corrected chi connectivity index (χ1v) is 3.48. The zero-order valence-corrected chi connectivity index (χ0v) is 5.26. The highest BCUT2D eigenvalue weighted by Gasteiger charge is 2.38. The van der Waals surface area contributed by atoms with Crippen LogP contribution >= 0.6 is 0 Å². The largest absolute Gasteiger partial charge is 0.378 e. The quantitative estimate of drug-likeness (QED) is 0.460. The average Bonchev–Trinajstić information content (AvgIpc) is 1.62. The smallest absolute Gasteiger partial charge is 0.0580 e. The second-order valence-corrected chi connectivity index (χ2v) is 3.16. The number of rotatable bonds is 0. The molecule has 1 heteroatoms. The lowest BCUT2D eigenvalue weighted by atomic mass is 9.72. The van der Waals surface area contributed by atoms with Crippen LogP contribution in [0.15, 0.2) is 0 Å². The minimum absolute atomic E-state index is 0.663. The molecule has 1 aliphatic carbocycles. The van der Waals surface area contributed by atoms with E-state index in [1.54, 1.807) is 0 Å². The van der Waals surface area contributed by atoms with E-state index in [9.17, 15) is 0 Å². The number of hydrogen-bond donors (Lipinski definition) is 0. The number of ether oxygens (including phenoxy) is 1. The van der Waals surface area contributed by atoms with Gasteiger partial charge in [-0.25, -0.2) is 0 Å². The van der Waals surface area contributed by atoms with Gasteiger partial charge in [0.25, 0.3) is 0 Å². The summed E-state index contributed by atoms with van der Waals surface area (Å²) in [7, 11) is 0. The van der Waals surface area contributed by atoms with Crippen LogP contribution in [0, 0.1) is 11.8 Å². The first-order chi connectivity index (χ1) is 3.86. The SMILES string of the molecule is CC1COC2CC1C2. The van der Waals surface area contributed by atoms with Crippen molar-refractivity contribution in [3.63, 3.8) is 0 Å². The molecule has 0 radical (unpaired) electrons. The highest BCUT2D eigenvalue weighted by molar-refractivity contribution is 4.87. The lowest BCUT2D eigenvalue weighted by Gasteiger charge is -2.45. The average molecular weight is 112 g/mol. The Balaban J connectivity index is 2.01. The lowest BCUT2D eigenvalue weighted by molar-refractivity contribution is -0.122. The molecular formula is C7H12O. The summed E-state index contributed by atoms with van der Waals surface area (Å²) < 4.78 is 5.46. The number of fused-ring (bicyclic) bond motifs is 2. The highest BCUT2D eigenvalue weighted by Crippen LogP contribution is 2.40. The van der Waals surface area contributed by atoms with Gasteiger partial charge in [-0.1, -0.05) is 6.92 Å². The maximum Gasteiger partial charge on any atom is 0.0580 e. The van der Waals surface area contributed by atoms with Crippen LogP contribution in [-0.4, -0.2) is 12.7 Å². The van der Waals surface area contributed by atoms with Crippen LogP contribution in [-0.2, 0) is 4.74 Å². The Morgan fingerprint density at radius 1 is 1.38 bits per heavy atom. The van der Waals surface area contributed by atoms with Gasteiger partial charge in [0.2, 0.25) is 0 Å². The zero-order valence-electron chi connectivity index (χ0n) is 5.26. The second kappa shape index (κ2) is 1.47. The molecule has 46 valence electrons. The van der Waals surface area contributed by atoms with Crippen molar-refractivity contribution >= 4 is 0 Å². The van der Waals surface area contributed by atoms with Gasteiger partial charge in [0.15, 0.2) is 0 Å². The molecule has 0 aromatic rings. The van der Waals surface area contributed by atoms with Crippen molar-refractivity contribution in [1.29, 1.82) is 0 Å². The molecule has 2 aliphatic heterocycles. The molecular weight excluding hydrogens is 100 g/mol. The maximum atomic E-state index is 5.46. The van der Waals surface area contributed by atoms with Gasteiger partial charge in [0.1, 0.15) is 0 Å². The molecule has 2 bridgehead atoms. The second-order valence-electron chi connectivity index (χ2n) is 3.16. The normalized spacial score (nSPS) is 52.9. The molecule has 2 saturated heterocycles. The van der Waals surface area contributed by atoms with E-state index in [-0.39, 0.29) is 0 Å². The molecule has 3 fully saturated rings. The Kier molecular flexibility index (Phi) is 0.884. The summed E-state index contributed by atoms with van der Waals surface area (Å²) >= 11 is 0. The van der Waals surface area contributed by atoms with Crippen molar-refractivity contribution in [2.24, 2.45) is 11.8 Å². The van der Waals surface area contributed by atoms with Crippen molar-refractivity contribution in [2.75, 3.05) is 6.61 Å². The van der Waals surface area contributed by atoms with Crippen LogP contribution in [0.5, 0.6) is 0 Å². The lowest BCUT2D eigenvalue weighted by Crippen LogP contribution is -2.43. The Morgan fingerprint density at radius 3 is 2.38 bits per heavy atom. The summed E-state index contributed by atoms with van der Waals surface area (Å²) in [5.74, 6) is 1.87. The van der Waals surface area contributed by atoms with Gasteiger partial charge < -0.3 is 4.74 Å². The monoisotopic (exact) mass is 112 g/mol.